The molecule has 0 aliphatic rings. The van der Waals surface area contributed by atoms with Gasteiger partial charge in [-0.1, -0.05) is 20.8 Å². The Balaban J connectivity index is 3.02. The van der Waals surface area contributed by atoms with Gasteiger partial charge < -0.3 is 13.9 Å². The lowest BCUT2D eigenvalue weighted by molar-refractivity contribution is -0.00926. The van der Waals surface area contributed by atoms with E-state index >= 15 is 0 Å². The summed E-state index contributed by atoms with van der Waals surface area (Å²) in [6.07, 6.45) is 1.74. The number of ether oxygens (including phenoxy) is 2. The molecule has 1 atom stereocenters. The number of carbonyl (C=O) groups excluding carboxylic acids is 1. The molecule has 0 saturated carbocycles. The molecule has 0 N–H and O–H groups in total. The van der Waals surface area contributed by atoms with Crippen molar-refractivity contribution >= 4 is 24.5 Å². The van der Waals surface area contributed by atoms with Gasteiger partial charge in [-0.05, 0) is 45.8 Å². The fourth-order valence-electron chi connectivity index (χ4n) is 1.91. The lowest BCUT2D eigenvalue weighted by Crippen LogP contribution is -2.49. The minimum Gasteiger partial charge on any atom is -0.465 e. The van der Waals surface area contributed by atoms with Crippen LogP contribution >= 0.6 is 0 Å². The summed E-state index contributed by atoms with van der Waals surface area (Å²) >= 11 is 0. The summed E-state index contributed by atoms with van der Waals surface area (Å²) in [4.78, 5) is 12.2. The number of hydrogen-bond donors (Lipinski definition) is 0. The third-order valence-corrected chi connectivity index (χ3v) is 9.64. The van der Waals surface area contributed by atoms with Crippen molar-refractivity contribution in [1.29, 1.82) is 0 Å². The molecule has 0 aliphatic heterocycles. The van der Waals surface area contributed by atoms with Crippen molar-refractivity contribution in [2.45, 2.75) is 77.8 Å². The van der Waals surface area contributed by atoms with Crippen LogP contribution in [0.1, 0.15) is 48.5 Å². The van der Waals surface area contributed by atoms with Gasteiger partial charge >= 0.3 is 6.09 Å². The number of rotatable bonds is 8. The molecule has 0 aliphatic carbocycles. The van der Waals surface area contributed by atoms with Crippen LogP contribution in [0.4, 0.5) is 4.79 Å². The fourth-order valence-corrected chi connectivity index (χ4v) is 3.47. The molecule has 0 radical (unpaired) electrons. The second-order valence-corrected chi connectivity index (χ2v) is 16.6. The predicted octanol–water partition coefficient (Wildman–Crippen LogP) is 3.80. The van der Waals surface area contributed by atoms with Crippen LogP contribution in [0.15, 0.2) is 12.3 Å². The molecule has 174 valence electrons. The molecule has 1 heterocycles. The second kappa shape index (κ2) is 8.97. The van der Waals surface area contributed by atoms with Gasteiger partial charge in [-0.2, -0.15) is 13.1 Å². The van der Waals surface area contributed by atoms with Crippen LogP contribution in [0.5, 0.6) is 5.88 Å². The molecule has 0 amide bonds. The molecule has 1 rings (SSSR count). The first-order chi connectivity index (χ1) is 13.2. The van der Waals surface area contributed by atoms with E-state index in [4.69, 9.17) is 18.1 Å². The largest absolute Gasteiger partial charge is 0.465 e. The third kappa shape index (κ3) is 8.74. The van der Waals surface area contributed by atoms with Crippen molar-refractivity contribution in [3.63, 3.8) is 0 Å². The summed E-state index contributed by atoms with van der Waals surface area (Å²) in [5.41, 5.74) is -1.81. The van der Waals surface area contributed by atoms with Gasteiger partial charge in [0, 0.05) is 12.3 Å². The zero-order valence-electron chi connectivity index (χ0n) is 19.7. The van der Waals surface area contributed by atoms with Crippen molar-refractivity contribution in [3.05, 3.63) is 12.3 Å². The van der Waals surface area contributed by atoms with E-state index < -0.39 is 35.7 Å². The smallest absolute Gasteiger partial charge is 0.435 e. The average molecular weight is 465 g/mol. The molecule has 1 aromatic rings. The van der Waals surface area contributed by atoms with E-state index in [9.17, 15) is 13.2 Å². The van der Waals surface area contributed by atoms with E-state index in [0.29, 0.717) is 0 Å². The quantitative estimate of drug-likeness (QED) is 0.422. The summed E-state index contributed by atoms with van der Waals surface area (Å²) in [6.45, 7) is 17.3. The highest BCUT2D eigenvalue weighted by atomic mass is 32.2. The summed E-state index contributed by atoms with van der Waals surface area (Å²) in [5, 5.41) is 4.05. The maximum atomic E-state index is 12.2. The number of nitrogens with zero attached hydrogens (tertiary/aromatic N) is 2. The molecule has 0 saturated heterocycles. The summed E-state index contributed by atoms with van der Waals surface area (Å²) in [7, 11) is -5.82. The predicted molar refractivity (Wildman–Crippen MR) is 117 cm³/mol. The molecule has 1 aromatic heterocycles. The first kappa shape index (κ1) is 26.6. The molecule has 0 spiro atoms. The number of hydrogen-bond acceptors (Lipinski definition) is 8. The van der Waals surface area contributed by atoms with Crippen molar-refractivity contribution in [2.75, 3.05) is 19.5 Å². The van der Waals surface area contributed by atoms with Gasteiger partial charge in [0.15, 0.2) is 13.9 Å². The van der Waals surface area contributed by atoms with Gasteiger partial charge in [0.25, 0.3) is 10.1 Å². The first-order valence-corrected chi connectivity index (χ1v) is 14.4. The number of carbonyl (C=O) groups is 1. The third-order valence-electron chi connectivity index (χ3n) is 4.62. The van der Waals surface area contributed by atoms with Crippen LogP contribution < -0.4 is 4.74 Å². The van der Waals surface area contributed by atoms with Gasteiger partial charge in [-0.3, -0.25) is 4.18 Å². The summed E-state index contributed by atoms with van der Waals surface area (Å²) in [6, 6.07) is 1.49. The normalized spacial score (nSPS) is 15.5. The second-order valence-electron chi connectivity index (χ2n) is 10.1. The highest BCUT2D eigenvalue weighted by Crippen LogP contribution is 2.37. The van der Waals surface area contributed by atoms with Crippen LogP contribution in [0.25, 0.3) is 0 Å². The van der Waals surface area contributed by atoms with Gasteiger partial charge in [0.2, 0.25) is 5.88 Å². The lowest BCUT2D eigenvalue weighted by atomic mass is 10.1. The highest BCUT2D eigenvalue weighted by molar-refractivity contribution is 7.85. The van der Waals surface area contributed by atoms with E-state index in [-0.39, 0.29) is 24.1 Å². The van der Waals surface area contributed by atoms with Crippen LogP contribution in [0.2, 0.25) is 18.1 Å². The molecular weight excluding hydrogens is 428 g/mol. The monoisotopic (exact) mass is 464 g/mol. The SMILES string of the molecule is CC(C)(C)OC(=O)n1ccc(OC(C)(CO[Si](C)(C)C(C)(C)C)COS(C)(=O)=O)n1. The maximum absolute atomic E-state index is 12.2. The molecule has 0 aromatic carbocycles. The molecule has 0 fully saturated rings. The van der Waals surface area contributed by atoms with Gasteiger partial charge in [0.1, 0.15) is 12.2 Å². The minimum atomic E-state index is -3.68. The topological polar surface area (TPSA) is 106 Å². The van der Waals surface area contributed by atoms with Crippen LogP contribution in [0, 0.1) is 0 Å². The van der Waals surface area contributed by atoms with E-state index in [1.807, 2.05) is 0 Å². The zero-order chi connectivity index (χ0) is 23.6. The van der Waals surface area contributed by atoms with E-state index in [0.717, 1.165) is 10.9 Å². The van der Waals surface area contributed by atoms with E-state index in [1.54, 1.807) is 27.7 Å². The Morgan fingerprint density at radius 2 is 1.67 bits per heavy atom. The Morgan fingerprint density at radius 3 is 2.13 bits per heavy atom. The Bertz CT molecular complexity index is 838. The summed E-state index contributed by atoms with van der Waals surface area (Å²) < 4.78 is 46.5. The van der Waals surface area contributed by atoms with Crippen molar-refractivity contribution in [2.24, 2.45) is 0 Å². The van der Waals surface area contributed by atoms with Crippen molar-refractivity contribution in [3.8, 4) is 5.88 Å². The Kier molecular flexibility index (Phi) is 7.96. The molecule has 9 nitrogen and oxygen atoms in total. The Morgan fingerprint density at radius 1 is 1.10 bits per heavy atom. The van der Waals surface area contributed by atoms with Gasteiger partial charge in [-0.25, -0.2) is 4.79 Å². The van der Waals surface area contributed by atoms with Crippen molar-refractivity contribution < 1.29 is 31.3 Å². The van der Waals surface area contributed by atoms with Crippen LogP contribution in [0.3, 0.4) is 0 Å². The lowest BCUT2D eigenvalue weighted by Gasteiger charge is -2.39. The standard InChI is InChI=1S/C19H36N2O7SSi/c1-17(2,3)28-16(22)21-12-11-15(20-21)27-19(7,13-25-29(8,23)24)14-26-30(9,10)18(4,5)6/h11-12H,13-14H2,1-10H3. The molecule has 11 heteroatoms. The van der Waals surface area contributed by atoms with Crippen LogP contribution in [-0.4, -0.2) is 63.3 Å². The zero-order valence-corrected chi connectivity index (χ0v) is 21.5. The highest BCUT2D eigenvalue weighted by Gasteiger charge is 2.40. The Labute approximate surface area is 181 Å². The molecule has 0 bridgehead atoms. The average Bonchev–Trinajstić information content (AvgIpc) is 2.96. The molecular formula is C19H36N2O7SSi. The van der Waals surface area contributed by atoms with E-state index in [2.05, 4.69) is 39.0 Å². The van der Waals surface area contributed by atoms with Crippen molar-refractivity contribution in [1.82, 2.24) is 9.78 Å². The molecule has 1 unspecified atom stereocenters. The van der Waals surface area contributed by atoms with Gasteiger partial charge in [-0.15, -0.1) is 5.10 Å². The van der Waals surface area contributed by atoms with Crippen LogP contribution in [-0.2, 0) is 23.5 Å². The number of aromatic nitrogens is 2. The fraction of sp³-hybridized carbons (Fsp3) is 0.789. The maximum Gasteiger partial charge on any atom is 0.435 e. The molecule has 30 heavy (non-hydrogen) atoms. The minimum absolute atomic E-state index is 0.0378. The van der Waals surface area contributed by atoms with E-state index in [1.165, 1.54) is 12.3 Å². The van der Waals surface area contributed by atoms with Gasteiger partial charge in [0.05, 0.1) is 12.9 Å². The summed E-state index contributed by atoms with van der Waals surface area (Å²) in [5.74, 6) is 0.124. The first-order valence-electron chi connectivity index (χ1n) is 9.69. The Hall–Kier alpha value is -1.43.